The van der Waals surface area contributed by atoms with Crippen LogP contribution in [0.15, 0.2) is 34.8 Å². The van der Waals surface area contributed by atoms with E-state index in [0.717, 1.165) is 4.24 Å². The predicted molar refractivity (Wildman–Crippen MR) is 63.7 cm³/mol. The van der Waals surface area contributed by atoms with Crippen LogP contribution in [0.5, 0.6) is 0 Å². The molecular weight excluding hydrogens is 214 g/mol. The summed E-state index contributed by atoms with van der Waals surface area (Å²) in [5.41, 5.74) is 0.633. The fourth-order valence-electron chi connectivity index (χ4n) is 0.900. The molecule has 0 bridgehead atoms. The lowest BCUT2D eigenvalue weighted by atomic mass is 10.2. The molecule has 0 aromatic carbocycles. The quantitative estimate of drug-likeness (QED) is 0.582. The first-order valence-corrected chi connectivity index (χ1v) is 6.47. The standard InChI is InChI=1S/C10H11NOS2/c1-13-10(14-2)6-9(12)8-4-3-5-11-7-8/h3-7H,1-2H3. The number of aromatic nitrogens is 1. The van der Waals surface area contributed by atoms with E-state index < -0.39 is 0 Å². The summed E-state index contributed by atoms with van der Waals surface area (Å²) in [6.45, 7) is 0. The predicted octanol–water partition coefficient (Wildman–Crippen LogP) is 2.83. The Bertz CT molecular complexity index is 329. The molecule has 0 saturated carbocycles. The van der Waals surface area contributed by atoms with Crippen LogP contribution in [0.25, 0.3) is 0 Å². The SMILES string of the molecule is CSC(=CC(=O)c1cccnc1)SC. The Morgan fingerprint density at radius 2 is 2.14 bits per heavy atom. The second-order valence-electron chi connectivity index (χ2n) is 2.48. The van der Waals surface area contributed by atoms with Crippen molar-refractivity contribution in [3.05, 3.63) is 40.4 Å². The summed E-state index contributed by atoms with van der Waals surface area (Å²) < 4.78 is 1.01. The molecule has 0 spiro atoms. The van der Waals surface area contributed by atoms with Crippen molar-refractivity contribution in [1.82, 2.24) is 4.98 Å². The van der Waals surface area contributed by atoms with Gasteiger partial charge in [0.25, 0.3) is 0 Å². The van der Waals surface area contributed by atoms with Gasteiger partial charge in [-0.1, -0.05) is 0 Å². The van der Waals surface area contributed by atoms with Crippen LogP contribution >= 0.6 is 23.5 Å². The highest BCUT2D eigenvalue weighted by Gasteiger charge is 2.03. The molecule has 1 aromatic rings. The van der Waals surface area contributed by atoms with E-state index in [4.69, 9.17) is 0 Å². The van der Waals surface area contributed by atoms with E-state index in [9.17, 15) is 4.79 Å². The number of allylic oxidation sites excluding steroid dienone is 1. The number of carbonyl (C=O) groups is 1. The molecule has 1 rings (SSSR count). The lowest BCUT2D eigenvalue weighted by Gasteiger charge is -1.98. The minimum Gasteiger partial charge on any atom is -0.289 e. The van der Waals surface area contributed by atoms with Gasteiger partial charge in [-0.25, -0.2) is 0 Å². The van der Waals surface area contributed by atoms with Gasteiger partial charge < -0.3 is 0 Å². The number of thioether (sulfide) groups is 2. The van der Waals surface area contributed by atoms with Crippen LogP contribution in [0.4, 0.5) is 0 Å². The molecule has 0 fully saturated rings. The molecule has 0 aliphatic heterocycles. The molecule has 0 radical (unpaired) electrons. The fourth-order valence-corrected chi connectivity index (χ4v) is 2.02. The maximum absolute atomic E-state index is 11.6. The zero-order valence-electron chi connectivity index (χ0n) is 8.06. The monoisotopic (exact) mass is 225 g/mol. The number of rotatable bonds is 4. The smallest absolute Gasteiger partial charge is 0.189 e. The number of ketones is 1. The summed E-state index contributed by atoms with van der Waals surface area (Å²) in [6, 6.07) is 3.53. The molecule has 0 aliphatic rings. The maximum atomic E-state index is 11.6. The fraction of sp³-hybridized carbons (Fsp3) is 0.200. The molecule has 14 heavy (non-hydrogen) atoms. The highest BCUT2D eigenvalue weighted by Crippen LogP contribution is 2.23. The highest BCUT2D eigenvalue weighted by atomic mass is 32.2. The maximum Gasteiger partial charge on any atom is 0.189 e. The Labute approximate surface area is 92.2 Å². The van der Waals surface area contributed by atoms with Crippen LogP contribution in [-0.2, 0) is 0 Å². The minimum atomic E-state index is 0.0109. The van der Waals surface area contributed by atoms with Crippen molar-refractivity contribution in [2.45, 2.75) is 0 Å². The molecule has 74 valence electrons. The molecule has 0 amide bonds. The van der Waals surface area contributed by atoms with Gasteiger partial charge in [0.05, 0.1) is 0 Å². The summed E-state index contributed by atoms with van der Waals surface area (Å²) in [6.07, 6.45) is 8.80. The summed E-state index contributed by atoms with van der Waals surface area (Å²) in [7, 11) is 0. The molecule has 1 heterocycles. The number of nitrogens with zero attached hydrogens (tertiary/aromatic N) is 1. The van der Waals surface area contributed by atoms with Crippen LogP contribution in [0.1, 0.15) is 10.4 Å². The Hall–Kier alpha value is -0.740. The zero-order chi connectivity index (χ0) is 10.4. The van der Waals surface area contributed by atoms with Gasteiger partial charge in [-0.05, 0) is 24.6 Å². The molecule has 0 N–H and O–H groups in total. The summed E-state index contributed by atoms with van der Waals surface area (Å²) in [5, 5.41) is 0. The first kappa shape index (κ1) is 11.3. The number of carbonyl (C=O) groups excluding carboxylic acids is 1. The highest BCUT2D eigenvalue weighted by molar-refractivity contribution is 8.21. The topological polar surface area (TPSA) is 30.0 Å². The second kappa shape index (κ2) is 5.88. The van der Waals surface area contributed by atoms with Crippen molar-refractivity contribution in [2.24, 2.45) is 0 Å². The normalized spacial score (nSPS) is 9.57. The van der Waals surface area contributed by atoms with Crippen LogP contribution in [0.2, 0.25) is 0 Å². The number of hydrogen-bond donors (Lipinski definition) is 0. The first-order valence-electron chi connectivity index (χ1n) is 4.02. The third-order valence-electron chi connectivity index (χ3n) is 1.60. The molecule has 0 atom stereocenters. The largest absolute Gasteiger partial charge is 0.289 e. The molecule has 0 unspecified atom stereocenters. The Balaban J connectivity index is 2.82. The lowest BCUT2D eigenvalue weighted by Crippen LogP contribution is -1.95. The van der Waals surface area contributed by atoms with E-state index in [1.54, 1.807) is 54.1 Å². The Morgan fingerprint density at radius 1 is 1.43 bits per heavy atom. The minimum absolute atomic E-state index is 0.0109. The molecule has 0 saturated heterocycles. The van der Waals surface area contributed by atoms with Gasteiger partial charge in [0.1, 0.15) is 0 Å². The van der Waals surface area contributed by atoms with Crippen molar-refractivity contribution < 1.29 is 4.79 Å². The lowest BCUT2D eigenvalue weighted by molar-refractivity contribution is 0.104. The van der Waals surface area contributed by atoms with Crippen LogP contribution in [0.3, 0.4) is 0 Å². The number of pyridine rings is 1. The molecule has 1 aromatic heterocycles. The summed E-state index contributed by atoms with van der Waals surface area (Å²) in [5.74, 6) is 0.0109. The van der Waals surface area contributed by atoms with Gasteiger partial charge in [-0.3, -0.25) is 9.78 Å². The van der Waals surface area contributed by atoms with Crippen LogP contribution < -0.4 is 0 Å². The van der Waals surface area contributed by atoms with E-state index in [0.29, 0.717) is 5.56 Å². The van der Waals surface area contributed by atoms with Crippen molar-refractivity contribution in [3.63, 3.8) is 0 Å². The van der Waals surface area contributed by atoms with Crippen molar-refractivity contribution in [2.75, 3.05) is 12.5 Å². The number of hydrogen-bond acceptors (Lipinski definition) is 4. The van der Waals surface area contributed by atoms with Crippen molar-refractivity contribution >= 4 is 29.3 Å². The van der Waals surface area contributed by atoms with E-state index in [1.807, 2.05) is 12.5 Å². The molecule has 2 nitrogen and oxygen atoms in total. The van der Waals surface area contributed by atoms with E-state index >= 15 is 0 Å². The van der Waals surface area contributed by atoms with Gasteiger partial charge in [0, 0.05) is 28.3 Å². The third-order valence-corrected chi connectivity index (χ3v) is 3.64. The molecule has 4 heteroatoms. The summed E-state index contributed by atoms with van der Waals surface area (Å²) in [4.78, 5) is 15.5. The molecule has 0 aliphatic carbocycles. The Morgan fingerprint density at radius 3 is 2.64 bits per heavy atom. The van der Waals surface area contributed by atoms with Gasteiger partial charge in [-0.15, -0.1) is 23.5 Å². The Kier molecular flexibility index (Phi) is 4.76. The van der Waals surface area contributed by atoms with Gasteiger partial charge in [-0.2, -0.15) is 0 Å². The zero-order valence-corrected chi connectivity index (χ0v) is 9.69. The summed E-state index contributed by atoms with van der Waals surface area (Å²) >= 11 is 3.15. The van der Waals surface area contributed by atoms with E-state index in [-0.39, 0.29) is 5.78 Å². The van der Waals surface area contributed by atoms with Crippen molar-refractivity contribution in [3.8, 4) is 0 Å². The molecular formula is C10H11NOS2. The van der Waals surface area contributed by atoms with Gasteiger partial charge in [0.15, 0.2) is 5.78 Å². The second-order valence-corrected chi connectivity index (χ2v) is 4.43. The van der Waals surface area contributed by atoms with Crippen molar-refractivity contribution in [1.29, 1.82) is 0 Å². The average molecular weight is 225 g/mol. The van der Waals surface area contributed by atoms with E-state index in [2.05, 4.69) is 4.98 Å². The van der Waals surface area contributed by atoms with E-state index in [1.165, 1.54) is 0 Å². The van der Waals surface area contributed by atoms with Gasteiger partial charge in [0.2, 0.25) is 0 Å². The average Bonchev–Trinajstić information content (AvgIpc) is 2.26. The van der Waals surface area contributed by atoms with Gasteiger partial charge >= 0.3 is 0 Å². The first-order chi connectivity index (χ1) is 6.77. The third kappa shape index (κ3) is 3.20. The van der Waals surface area contributed by atoms with Crippen LogP contribution in [-0.4, -0.2) is 23.3 Å². The van der Waals surface area contributed by atoms with Crippen LogP contribution in [0, 0.1) is 0 Å².